The van der Waals surface area contributed by atoms with Crippen LogP contribution in [-0.2, 0) is 0 Å². The molecule has 1 aliphatic rings. The van der Waals surface area contributed by atoms with Gasteiger partial charge < -0.3 is 15.1 Å². The Kier molecular flexibility index (Phi) is 4.74. The lowest BCUT2D eigenvalue weighted by Crippen LogP contribution is -2.47. The summed E-state index contributed by atoms with van der Waals surface area (Å²) < 4.78 is 0. The highest BCUT2D eigenvalue weighted by atomic mass is 35.5. The molecule has 0 amide bonds. The van der Waals surface area contributed by atoms with E-state index in [-0.39, 0.29) is 0 Å². The number of aromatic nitrogens is 5. The lowest BCUT2D eigenvalue weighted by molar-refractivity contribution is 0.624. The topological polar surface area (TPSA) is 83.0 Å². The molecule has 2 aromatic heterocycles. The minimum Gasteiger partial charge on any atom is -0.339 e. The first kappa shape index (κ1) is 16.5. The van der Waals surface area contributed by atoms with E-state index < -0.39 is 0 Å². The molecule has 1 saturated heterocycles. The molecule has 1 N–H and O–H groups in total. The highest BCUT2D eigenvalue weighted by Gasteiger charge is 2.21. The van der Waals surface area contributed by atoms with Crippen LogP contribution in [0, 0.1) is 0 Å². The standard InChI is InChI=1S/C17H17ClN8/c18-13-2-4-14(5-3-13)22-15-12-21-24-17(23-15)26-10-8-25(9-11-26)16-19-6-1-7-20-16/h1-7,12H,8-11H2,(H,22,23,24). The van der Waals surface area contributed by atoms with Gasteiger partial charge in [0.1, 0.15) is 0 Å². The molecule has 4 rings (SSSR count). The van der Waals surface area contributed by atoms with Gasteiger partial charge in [-0.3, -0.25) is 0 Å². The predicted octanol–water partition coefficient (Wildman–Crippen LogP) is 2.39. The molecule has 0 saturated carbocycles. The van der Waals surface area contributed by atoms with Crippen molar-refractivity contribution in [1.29, 1.82) is 0 Å². The average Bonchev–Trinajstić information content (AvgIpc) is 2.71. The zero-order valence-electron chi connectivity index (χ0n) is 14.0. The summed E-state index contributed by atoms with van der Waals surface area (Å²) in [7, 11) is 0. The number of benzene rings is 1. The van der Waals surface area contributed by atoms with E-state index in [1.807, 2.05) is 30.3 Å². The molecule has 0 atom stereocenters. The van der Waals surface area contributed by atoms with E-state index >= 15 is 0 Å². The van der Waals surface area contributed by atoms with Crippen LogP contribution < -0.4 is 15.1 Å². The molecule has 26 heavy (non-hydrogen) atoms. The molecule has 132 valence electrons. The smallest absolute Gasteiger partial charge is 0.247 e. The average molecular weight is 369 g/mol. The first-order valence-corrected chi connectivity index (χ1v) is 8.65. The van der Waals surface area contributed by atoms with Crippen LogP contribution in [0.3, 0.4) is 0 Å². The first-order chi connectivity index (χ1) is 12.8. The van der Waals surface area contributed by atoms with Crippen molar-refractivity contribution >= 4 is 35.0 Å². The van der Waals surface area contributed by atoms with Crippen molar-refractivity contribution in [2.24, 2.45) is 0 Å². The normalized spacial score (nSPS) is 14.3. The fourth-order valence-corrected chi connectivity index (χ4v) is 2.86. The molecular weight excluding hydrogens is 352 g/mol. The Balaban J connectivity index is 1.42. The largest absolute Gasteiger partial charge is 0.339 e. The summed E-state index contributed by atoms with van der Waals surface area (Å²) in [6, 6.07) is 9.25. The maximum absolute atomic E-state index is 5.91. The van der Waals surface area contributed by atoms with Crippen LogP contribution in [0.15, 0.2) is 48.9 Å². The molecule has 3 heterocycles. The van der Waals surface area contributed by atoms with E-state index in [1.165, 1.54) is 0 Å². The van der Waals surface area contributed by atoms with Gasteiger partial charge in [-0.15, -0.1) is 5.10 Å². The quantitative estimate of drug-likeness (QED) is 0.751. The molecule has 1 aliphatic heterocycles. The van der Waals surface area contributed by atoms with Gasteiger partial charge in [-0.05, 0) is 30.3 Å². The second-order valence-corrected chi connectivity index (χ2v) is 6.23. The number of anilines is 4. The Bertz CT molecular complexity index is 850. The number of piperazine rings is 1. The Morgan fingerprint density at radius 1 is 0.885 bits per heavy atom. The van der Waals surface area contributed by atoms with E-state index in [2.05, 4.69) is 40.3 Å². The first-order valence-electron chi connectivity index (χ1n) is 8.27. The fourth-order valence-electron chi connectivity index (χ4n) is 2.73. The number of nitrogens with zero attached hydrogens (tertiary/aromatic N) is 7. The van der Waals surface area contributed by atoms with E-state index in [0.717, 1.165) is 37.8 Å². The Morgan fingerprint density at radius 3 is 2.23 bits per heavy atom. The van der Waals surface area contributed by atoms with Crippen LogP contribution in [0.4, 0.5) is 23.4 Å². The molecule has 0 unspecified atom stereocenters. The highest BCUT2D eigenvalue weighted by molar-refractivity contribution is 6.30. The van der Waals surface area contributed by atoms with Crippen LogP contribution in [-0.4, -0.2) is 51.3 Å². The maximum Gasteiger partial charge on any atom is 0.247 e. The van der Waals surface area contributed by atoms with E-state index in [0.29, 0.717) is 16.8 Å². The molecule has 1 fully saturated rings. The van der Waals surface area contributed by atoms with Crippen molar-refractivity contribution in [2.45, 2.75) is 0 Å². The Morgan fingerprint density at radius 2 is 1.54 bits per heavy atom. The number of hydrogen-bond acceptors (Lipinski definition) is 8. The third-order valence-corrected chi connectivity index (χ3v) is 4.31. The van der Waals surface area contributed by atoms with E-state index in [1.54, 1.807) is 18.6 Å². The molecule has 0 radical (unpaired) electrons. The molecular formula is C17H17ClN8. The molecule has 1 aromatic carbocycles. The zero-order valence-corrected chi connectivity index (χ0v) is 14.7. The minimum absolute atomic E-state index is 0.609. The summed E-state index contributed by atoms with van der Waals surface area (Å²) in [6.07, 6.45) is 5.12. The molecule has 0 aliphatic carbocycles. The van der Waals surface area contributed by atoms with Crippen LogP contribution in [0.1, 0.15) is 0 Å². The van der Waals surface area contributed by atoms with Crippen molar-refractivity contribution in [1.82, 2.24) is 25.1 Å². The maximum atomic E-state index is 5.91. The second kappa shape index (κ2) is 7.49. The Labute approximate surface area is 155 Å². The molecule has 9 heteroatoms. The summed E-state index contributed by atoms with van der Waals surface area (Å²) in [4.78, 5) is 17.4. The van der Waals surface area contributed by atoms with Crippen molar-refractivity contribution in [3.63, 3.8) is 0 Å². The van der Waals surface area contributed by atoms with Crippen molar-refractivity contribution in [3.8, 4) is 0 Å². The lowest BCUT2D eigenvalue weighted by atomic mass is 10.3. The van der Waals surface area contributed by atoms with Gasteiger partial charge in [0.25, 0.3) is 0 Å². The lowest BCUT2D eigenvalue weighted by Gasteiger charge is -2.34. The predicted molar refractivity (Wildman–Crippen MR) is 101 cm³/mol. The third kappa shape index (κ3) is 3.80. The molecule has 0 spiro atoms. The van der Waals surface area contributed by atoms with E-state index in [9.17, 15) is 0 Å². The summed E-state index contributed by atoms with van der Waals surface area (Å²) in [5, 5.41) is 12.1. The van der Waals surface area contributed by atoms with Crippen LogP contribution in [0.5, 0.6) is 0 Å². The van der Waals surface area contributed by atoms with Crippen LogP contribution >= 0.6 is 11.6 Å². The van der Waals surface area contributed by atoms with Gasteiger partial charge >= 0.3 is 0 Å². The second-order valence-electron chi connectivity index (χ2n) is 5.80. The number of hydrogen-bond donors (Lipinski definition) is 1. The fraction of sp³-hybridized carbons (Fsp3) is 0.235. The third-order valence-electron chi connectivity index (χ3n) is 4.06. The zero-order chi connectivity index (χ0) is 17.8. The van der Waals surface area contributed by atoms with Crippen molar-refractivity contribution in [3.05, 3.63) is 53.9 Å². The summed E-state index contributed by atoms with van der Waals surface area (Å²) >= 11 is 5.91. The van der Waals surface area contributed by atoms with Crippen LogP contribution in [0.2, 0.25) is 5.02 Å². The van der Waals surface area contributed by atoms with Gasteiger partial charge in [0.15, 0.2) is 5.82 Å². The summed E-state index contributed by atoms with van der Waals surface area (Å²) in [5.41, 5.74) is 0.895. The SMILES string of the molecule is Clc1ccc(Nc2cnnc(N3CCN(c4ncccn4)CC3)n2)cc1. The van der Waals surface area contributed by atoms with Gasteiger partial charge in [0, 0.05) is 49.3 Å². The van der Waals surface area contributed by atoms with Crippen molar-refractivity contribution < 1.29 is 0 Å². The van der Waals surface area contributed by atoms with Gasteiger partial charge in [-0.2, -0.15) is 10.1 Å². The monoisotopic (exact) mass is 368 g/mol. The van der Waals surface area contributed by atoms with Gasteiger partial charge in [-0.25, -0.2) is 9.97 Å². The Hall–Kier alpha value is -3.00. The minimum atomic E-state index is 0.609. The number of rotatable bonds is 4. The summed E-state index contributed by atoms with van der Waals surface area (Å²) in [6.45, 7) is 3.18. The van der Waals surface area contributed by atoms with Crippen LogP contribution in [0.25, 0.3) is 0 Å². The van der Waals surface area contributed by atoms with Gasteiger partial charge in [0.05, 0.1) is 6.20 Å². The van der Waals surface area contributed by atoms with E-state index in [4.69, 9.17) is 11.6 Å². The van der Waals surface area contributed by atoms with Gasteiger partial charge in [0.2, 0.25) is 11.9 Å². The highest BCUT2D eigenvalue weighted by Crippen LogP contribution is 2.19. The molecule has 3 aromatic rings. The van der Waals surface area contributed by atoms with Crippen molar-refractivity contribution in [2.75, 3.05) is 41.3 Å². The summed E-state index contributed by atoms with van der Waals surface area (Å²) in [5.74, 6) is 2.01. The number of nitrogens with one attached hydrogen (secondary N) is 1. The molecule has 8 nitrogen and oxygen atoms in total. The number of halogens is 1. The molecule has 0 bridgehead atoms. The van der Waals surface area contributed by atoms with Gasteiger partial charge in [-0.1, -0.05) is 11.6 Å².